The molecule has 1 fully saturated rings. The zero-order valence-corrected chi connectivity index (χ0v) is 18.0. The number of carbonyl (C=O) groups is 3. The Morgan fingerprint density at radius 1 is 0.968 bits per heavy atom. The Morgan fingerprint density at radius 3 is 2.35 bits per heavy atom. The Hall–Kier alpha value is -3.35. The monoisotopic (exact) mass is 423 g/mol. The smallest absolute Gasteiger partial charge is 0.407 e. The van der Waals surface area contributed by atoms with Crippen LogP contribution in [0.5, 0.6) is 0 Å². The van der Waals surface area contributed by atoms with Gasteiger partial charge in [-0.2, -0.15) is 0 Å². The number of rotatable bonds is 7. The van der Waals surface area contributed by atoms with Crippen LogP contribution in [0.1, 0.15) is 30.4 Å². The summed E-state index contributed by atoms with van der Waals surface area (Å²) >= 11 is 0. The largest absolute Gasteiger partial charge is 0.445 e. The van der Waals surface area contributed by atoms with E-state index in [9.17, 15) is 14.4 Å². The maximum Gasteiger partial charge on any atom is 0.407 e. The number of benzene rings is 2. The highest BCUT2D eigenvalue weighted by Gasteiger charge is 2.31. The van der Waals surface area contributed by atoms with Crippen molar-refractivity contribution in [1.82, 2.24) is 10.2 Å². The summed E-state index contributed by atoms with van der Waals surface area (Å²) in [5, 5.41) is 5.78. The number of hydrogen-bond acceptors (Lipinski definition) is 4. The summed E-state index contributed by atoms with van der Waals surface area (Å²) in [4.78, 5) is 38.0. The maximum atomic E-state index is 12.6. The van der Waals surface area contributed by atoms with Crippen LogP contribution >= 0.6 is 0 Å². The third-order valence-electron chi connectivity index (χ3n) is 5.41. The van der Waals surface area contributed by atoms with Crippen LogP contribution < -0.4 is 10.6 Å². The second-order valence-electron chi connectivity index (χ2n) is 8.06. The molecule has 1 aliphatic carbocycles. The number of ether oxygens (including phenoxy) is 1. The zero-order valence-electron chi connectivity index (χ0n) is 18.0. The van der Waals surface area contributed by atoms with Crippen molar-refractivity contribution in [2.75, 3.05) is 19.4 Å². The summed E-state index contributed by atoms with van der Waals surface area (Å²) in [7, 11) is 3.45. The molecular formula is C24H29N3O4. The lowest BCUT2D eigenvalue weighted by atomic mass is 10.1. The SMILES string of the molecule is CN(C)C(=O)Cc1ccc(NC(=O)[C@H]2CC[C@H](NC(=O)OCc3ccccc3)C2)cc1. The molecule has 0 aliphatic heterocycles. The molecule has 0 aromatic heterocycles. The van der Waals surface area contributed by atoms with Gasteiger partial charge in [-0.15, -0.1) is 0 Å². The fraction of sp³-hybridized carbons (Fsp3) is 0.375. The predicted octanol–water partition coefficient (Wildman–Crippen LogP) is 3.35. The molecule has 164 valence electrons. The fourth-order valence-electron chi connectivity index (χ4n) is 3.57. The molecule has 1 saturated carbocycles. The van der Waals surface area contributed by atoms with Gasteiger partial charge in [0.1, 0.15) is 6.61 Å². The summed E-state index contributed by atoms with van der Waals surface area (Å²) in [6.07, 6.45) is 1.91. The molecule has 31 heavy (non-hydrogen) atoms. The van der Waals surface area contributed by atoms with Crippen molar-refractivity contribution in [2.45, 2.75) is 38.3 Å². The first kappa shape index (κ1) is 22.3. The van der Waals surface area contributed by atoms with Crippen molar-refractivity contribution in [1.29, 1.82) is 0 Å². The van der Waals surface area contributed by atoms with Gasteiger partial charge in [-0.05, 0) is 42.5 Å². The van der Waals surface area contributed by atoms with Crippen LogP contribution in [0.25, 0.3) is 0 Å². The van der Waals surface area contributed by atoms with E-state index in [4.69, 9.17) is 4.74 Å². The van der Waals surface area contributed by atoms with Crippen LogP contribution in [0, 0.1) is 5.92 Å². The van der Waals surface area contributed by atoms with Gasteiger partial charge in [-0.25, -0.2) is 4.79 Å². The van der Waals surface area contributed by atoms with E-state index in [0.717, 1.165) is 17.5 Å². The Bertz CT molecular complexity index is 897. The molecule has 0 heterocycles. The number of nitrogens with zero attached hydrogens (tertiary/aromatic N) is 1. The molecule has 0 bridgehead atoms. The summed E-state index contributed by atoms with van der Waals surface area (Å²) in [5.74, 6) is -0.183. The minimum absolute atomic E-state index is 0.0311. The molecule has 0 saturated heterocycles. The Kier molecular flexibility index (Phi) is 7.65. The van der Waals surface area contributed by atoms with Gasteiger partial charge >= 0.3 is 6.09 Å². The van der Waals surface area contributed by atoms with Crippen molar-refractivity contribution in [3.05, 3.63) is 65.7 Å². The van der Waals surface area contributed by atoms with Crippen molar-refractivity contribution in [3.8, 4) is 0 Å². The number of likely N-dealkylation sites (N-methyl/N-ethyl adjacent to an activating group) is 1. The van der Waals surface area contributed by atoms with Gasteiger partial charge < -0.3 is 20.3 Å². The highest BCUT2D eigenvalue weighted by atomic mass is 16.5. The number of amides is 3. The normalized spacial score (nSPS) is 17.6. The third-order valence-corrected chi connectivity index (χ3v) is 5.41. The molecule has 2 aromatic rings. The van der Waals surface area contributed by atoms with E-state index < -0.39 is 6.09 Å². The van der Waals surface area contributed by atoms with Crippen molar-refractivity contribution < 1.29 is 19.1 Å². The molecule has 3 rings (SSSR count). The van der Waals surface area contributed by atoms with E-state index >= 15 is 0 Å². The number of carbonyl (C=O) groups excluding carboxylic acids is 3. The van der Waals surface area contributed by atoms with Crippen LogP contribution in [0.15, 0.2) is 54.6 Å². The minimum Gasteiger partial charge on any atom is -0.445 e. The molecule has 2 aromatic carbocycles. The van der Waals surface area contributed by atoms with Crippen molar-refractivity contribution in [2.24, 2.45) is 5.92 Å². The molecule has 0 spiro atoms. The second-order valence-corrected chi connectivity index (χ2v) is 8.06. The molecule has 7 heteroatoms. The van der Waals surface area contributed by atoms with Crippen LogP contribution in [0.3, 0.4) is 0 Å². The van der Waals surface area contributed by atoms with E-state index in [1.807, 2.05) is 54.6 Å². The highest BCUT2D eigenvalue weighted by Crippen LogP contribution is 2.27. The van der Waals surface area contributed by atoms with Gasteiger partial charge in [0.2, 0.25) is 11.8 Å². The minimum atomic E-state index is -0.460. The quantitative estimate of drug-likeness (QED) is 0.715. The van der Waals surface area contributed by atoms with E-state index in [-0.39, 0.29) is 30.4 Å². The lowest BCUT2D eigenvalue weighted by Crippen LogP contribution is -2.34. The van der Waals surface area contributed by atoms with Gasteiger partial charge in [0.15, 0.2) is 0 Å². The van der Waals surface area contributed by atoms with Gasteiger partial charge in [-0.3, -0.25) is 9.59 Å². The second kappa shape index (κ2) is 10.6. The average Bonchev–Trinajstić information content (AvgIpc) is 3.23. The van der Waals surface area contributed by atoms with Crippen molar-refractivity contribution in [3.63, 3.8) is 0 Å². The standard InChI is InChI=1S/C24H29N3O4/c1-27(2)22(28)14-17-8-11-20(12-9-17)25-23(29)19-10-13-21(15-19)26-24(30)31-16-18-6-4-3-5-7-18/h3-9,11-12,19,21H,10,13-16H2,1-2H3,(H,25,29)(H,26,30)/t19-,21-/m0/s1. The van der Waals surface area contributed by atoms with Gasteiger partial charge in [0, 0.05) is 31.7 Å². The highest BCUT2D eigenvalue weighted by molar-refractivity contribution is 5.93. The van der Waals surface area contributed by atoms with Gasteiger partial charge in [-0.1, -0.05) is 42.5 Å². The first-order valence-corrected chi connectivity index (χ1v) is 10.5. The number of nitrogens with one attached hydrogen (secondary N) is 2. The number of alkyl carbamates (subject to hydrolysis) is 1. The predicted molar refractivity (Wildman–Crippen MR) is 118 cm³/mol. The Labute approximate surface area is 182 Å². The molecule has 7 nitrogen and oxygen atoms in total. The van der Waals surface area contributed by atoms with Crippen molar-refractivity contribution >= 4 is 23.6 Å². The summed E-state index contributed by atoms with van der Waals surface area (Å²) in [6, 6.07) is 16.7. The summed E-state index contributed by atoms with van der Waals surface area (Å²) < 4.78 is 5.26. The summed E-state index contributed by atoms with van der Waals surface area (Å²) in [5.41, 5.74) is 2.53. The van der Waals surface area contributed by atoms with Crippen LogP contribution in [-0.2, 0) is 27.4 Å². The Morgan fingerprint density at radius 2 is 1.68 bits per heavy atom. The first-order valence-electron chi connectivity index (χ1n) is 10.5. The molecule has 0 unspecified atom stereocenters. The van der Waals surface area contributed by atoms with E-state index in [1.165, 1.54) is 0 Å². The maximum absolute atomic E-state index is 12.6. The van der Waals surface area contributed by atoms with E-state index in [1.54, 1.807) is 19.0 Å². The number of anilines is 1. The van der Waals surface area contributed by atoms with Crippen LogP contribution in [0.2, 0.25) is 0 Å². The third kappa shape index (κ3) is 6.84. The fourth-order valence-corrected chi connectivity index (χ4v) is 3.57. The lowest BCUT2D eigenvalue weighted by molar-refractivity contribution is -0.128. The molecular weight excluding hydrogens is 394 g/mol. The topological polar surface area (TPSA) is 87.7 Å². The summed E-state index contributed by atoms with van der Waals surface area (Å²) in [6.45, 7) is 0.222. The molecule has 3 amide bonds. The first-order chi connectivity index (χ1) is 14.9. The van der Waals surface area contributed by atoms with E-state index in [2.05, 4.69) is 10.6 Å². The molecule has 2 N–H and O–H groups in total. The molecule has 1 aliphatic rings. The number of hydrogen-bond donors (Lipinski definition) is 2. The molecule has 2 atom stereocenters. The van der Waals surface area contributed by atoms with E-state index in [0.29, 0.717) is 24.9 Å². The Balaban J connectivity index is 1.41. The zero-order chi connectivity index (χ0) is 22.2. The van der Waals surface area contributed by atoms with Crippen LogP contribution in [-0.4, -0.2) is 42.9 Å². The van der Waals surface area contributed by atoms with Crippen LogP contribution in [0.4, 0.5) is 10.5 Å². The average molecular weight is 424 g/mol. The van der Waals surface area contributed by atoms with Gasteiger partial charge in [0.05, 0.1) is 6.42 Å². The molecule has 0 radical (unpaired) electrons. The van der Waals surface area contributed by atoms with Gasteiger partial charge in [0.25, 0.3) is 0 Å². The lowest BCUT2D eigenvalue weighted by Gasteiger charge is -2.14.